The van der Waals surface area contributed by atoms with Gasteiger partial charge in [0, 0.05) is 12.5 Å². The average Bonchev–Trinajstić information content (AvgIpc) is 2.70. The zero-order chi connectivity index (χ0) is 12.4. The normalized spacial score (nSPS) is 23.9. The SMILES string of the molecule is CCn1c(C)nnc1[C@@H]1CC=CC[C@@H]1C(=O)O. The van der Waals surface area contributed by atoms with Crippen LogP contribution in [-0.4, -0.2) is 25.8 Å². The molecule has 5 nitrogen and oxygen atoms in total. The number of carbonyl (C=O) groups is 1. The Kier molecular flexibility index (Phi) is 3.26. The smallest absolute Gasteiger partial charge is 0.307 e. The topological polar surface area (TPSA) is 68.0 Å². The molecule has 2 atom stereocenters. The Morgan fingerprint density at radius 3 is 2.82 bits per heavy atom. The monoisotopic (exact) mass is 235 g/mol. The molecular formula is C12H17N3O2. The van der Waals surface area contributed by atoms with Gasteiger partial charge in [0.2, 0.25) is 0 Å². The Labute approximate surface area is 100 Å². The van der Waals surface area contributed by atoms with Crippen LogP contribution >= 0.6 is 0 Å². The highest BCUT2D eigenvalue weighted by molar-refractivity contribution is 5.71. The second kappa shape index (κ2) is 4.69. The summed E-state index contributed by atoms with van der Waals surface area (Å²) in [5.41, 5.74) is 0. The van der Waals surface area contributed by atoms with Gasteiger partial charge in [-0.3, -0.25) is 4.79 Å². The summed E-state index contributed by atoms with van der Waals surface area (Å²) in [6.07, 6.45) is 5.29. The second-order valence-electron chi connectivity index (χ2n) is 4.34. The van der Waals surface area contributed by atoms with Gasteiger partial charge >= 0.3 is 5.97 Å². The van der Waals surface area contributed by atoms with Gasteiger partial charge in [0.05, 0.1) is 5.92 Å². The highest BCUT2D eigenvalue weighted by Crippen LogP contribution is 2.34. The predicted octanol–water partition coefficient (Wildman–Crippen LogP) is 1.74. The molecule has 0 saturated heterocycles. The largest absolute Gasteiger partial charge is 0.481 e. The molecule has 0 radical (unpaired) electrons. The standard InChI is InChI=1S/C12H17N3O2/c1-3-15-8(2)13-14-11(15)9-6-4-5-7-10(9)12(16)17/h4-5,9-10H,3,6-7H2,1-2H3,(H,16,17)/t9-,10+/m1/s1. The molecule has 17 heavy (non-hydrogen) atoms. The number of hydrogen-bond donors (Lipinski definition) is 1. The third-order valence-electron chi connectivity index (χ3n) is 3.36. The Bertz CT molecular complexity index is 451. The lowest BCUT2D eigenvalue weighted by Crippen LogP contribution is -2.26. The minimum Gasteiger partial charge on any atom is -0.481 e. The fourth-order valence-corrected chi connectivity index (χ4v) is 2.43. The van der Waals surface area contributed by atoms with Gasteiger partial charge < -0.3 is 9.67 Å². The Morgan fingerprint density at radius 1 is 1.47 bits per heavy atom. The van der Waals surface area contributed by atoms with Crippen molar-refractivity contribution in [3.63, 3.8) is 0 Å². The van der Waals surface area contributed by atoms with Crippen LogP contribution in [0.25, 0.3) is 0 Å². The van der Waals surface area contributed by atoms with Crippen molar-refractivity contribution in [2.24, 2.45) is 5.92 Å². The van der Waals surface area contributed by atoms with Crippen molar-refractivity contribution in [2.75, 3.05) is 0 Å². The number of aliphatic carboxylic acids is 1. The van der Waals surface area contributed by atoms with Crippen molar-refractivity contribution < 1.29 is 9.90 Å². The maximum Gasteiger partial charge on any atom is 0.307 e. The second-order valence-corrected chi connectivity index (χ2v) is 4.34. The highest BCUT2D eigenvalue weighted by Gasteiger charge is 2.33. The van der Waals surface area contributed by atoms with E-state index in [9.17, 15) is 9.90 Å². The van der Waals surface area contributed by atoms with Crippen molar-refractivity contribution in [3.05, 3.63) is 23.8 Å². The van der Waals surface area contributed by atoms with Gasteiger partial charge in [0.1, 0.15) is 11.6 Å². The van der Waals surface area contributed by atoms with Gasteiger partial charge in [-0.15, -0.1) is 10.2 Å². The number of nitrogens with zero attached hydrogens (tertiary/aromatic N) is 3. The van der Waals surface area contributed by atoms with Crippen molar-refractivity contribution in [1.82, 2.24) is 14.8 Å². The molecule has 0 aromatic carbocycles. The van der Waals surface area contributed by atoms with Crippen molar-refractivity contribution >= 4 is 5.97 Å². The van der Waals surface area contributed by atoms with E-state index in [1.165, 1.54) is 0 Å². The molecule has 2 rings (SSSR count). The first-order chi connectivity index (χ1) is 8.15. The predicted molar refractivity (Wildman–Crippen MR) is 62.7 cm³/mol. The van der Waals surface area contributed by atoms with Crippen LogP contribution in [0, 0.1) is 12.8 Å². The molecule has 5 heteroatoms. The zero-order valence-corrected chi connectivity index (χ0v) is 10.1. The third-order valence-corrected chi connectivity index (χ3v) is 3.36. The van der Waals surface area contributed by atoms with Gasteiger partial charge in [-0.1, -0.05) is 12.2 Å². The van der Waals surface area contributed by atoms with E-state index in [4.69, 9.17) is 0 Å². The number of aryl methyl sites for hydroxylation is 1. The van der Waals surface area contributed by atoms with Crippen LogP contribution in [0.4, 0.5) is 0 Å². The number of carboxylic acid groups (broad SMARTS) is 1. The summed E-state index contributed by atoms with van der Waals surface area (Å²) in [5, 5.41) is 17.5. The molecule has 0 bridgehead atoms. The molecular weight excluding hydrogens is 218 g/mol. The van der Waals surface area contributed by atoms with Crippen LogP contribution in [0.3, 0.4) is 0 Å². The molecule has 1 heterocycles. The summed E-state index contributed by atoms with van der Waals surface area (Å²) in [6, 6.07) is 0. The highest BCUT2D eigenvalue weighted by atomic mass is 16.4. The minimum atomic E-state index is -0.748. The van der Waals surface area contributed by atoms with Crippen LogP contribution in [0.15, 0.2) is 12.2 Å². The minimum absolute atomic E-state index is 0.0568. The number of carboxylic acids is 1. The molecule has 1 aliphatic rings. The summed E-state index contributed by atoms with van der Waals surface area (Å²) in [5.74, 6) is 0.471. The Hall–Kier alpha value is -1.65. The van der Waals surface area contributed by atoms with E-state index in [2.05, 4.69) is 10.2 Å². The van der Waals surface area contributed by atoms with Gasteiger partial charge in [-0.05, 0) is 26.7 Å². The van der Waals surface area contributed by atoms with Crippen molar-refractivity contribution in [3.8, 4) is 0 Å². The fourth-order valence-electron chi connectivity index (χ4n) is 2.43. The van der Waals surface area contributed by atoms with E-state index in [0.29, 0.717) is 6.42 Å². The van der Waals surface area contributed by atoms with E-state index in [-0.39, 0.29) is 11.8 Å². The van der Waals surface area contributed by atoms with Crippen LogP contribution in [0.1, 0.15) is 37.3 Å². The molecule has 1 aliphatic carbocycles. The molecule has 0 amide bonds. The fraction of sp³-hybridized carbons (Fsp3) is 0.583. The van der Waals surface area contributed by atoms with Crippen LogP contribution in [0.2, 0.25) is 0 Å². The number of aromatic nitrogens is 3. The average molecular weight is 235 g/mol. The summed E-state index contributed by atoms with van der Waals surface area (Å²) < 4.78 is 2.00. The molecule has 0 fully saturated rings. The van der Waals surface area contributed by atoms with E-state index in [1.807, 2.05) is 30.6 Å². The van der Waals surface area contributed by atoms with Crippen LogP contribution in [-0.2, 0) is 11.3 Å². The van der Waals surface area contributed by atoms with E-state index in [1.54, 1.807) is 0 Å². The first-order valence-corrected chi connectivity index (χ1v) is 5.92. The Balaban J connectivity index is 2.36. The Morgan fingerprint density at radius 2 is 2.18 bits per heavy atom. The first-order valence-electron chi connectivity index (χ1n) is 5.92. The van der Waals surface area contributed by atoms with Crippen molar-refractivity contribution in [1.29, 1.82) is 0 Å². The maximum absolute atomic E-state index is 11.3. The summed E-state index contributed by atoms with van der Waals surface area (Å²) in [6.45, 7) is 4.70. The van der Waals surface area contributed by atoms with Gasteiger partial charge in [0.25, 0.3) is 0 Å². The van der Waals surface area contributed by atoms with Crippen LogP contribution < -0.4 is 0 Å². The molecule has 0 saturated carbocycles. The zero-order valence-electron chi connectivity index (χ0n) is 10.1. The first kappa shape index (κ1) is 11.8. The summed E-state index contributed by atoms with van der Waals surface area (Å²) >= 11 is 0. The lowest BCUT2D eigenvalue weighted by Gasteiger charge is -2.24. The number of hydrogen-bond acceptors (Lipinski definition) is 3. The summed E-state index contributed by atoms with van der Waals surface area (Å²) in [4.78, 5) is 11.3. The third kappa shape index (κ3) is 2.09. The van der Waals surface area contributed by atoms with E-state index in [0.717, 1.165) is 24.6 Å². The molecule has 0 spiro atoms. The van der Waals surface area contributed by atoms with Gasteiger partial charge in [-0.2, -0.15) is 0 Å². The van der Waals surface area contributed by atoms with Gasteiger partial charge in [0.15, 0.2) is 0 Å². The molecule has 1 N–H and O–H groups in total. The van der Waals surface area contributed by atoms with E-state index < -0.39 is 5.97 Å². The molecule has 1 aromatic heterocycles. The molecule has 0 aliphatic heterocycles. The lowest BCUT2D eigenvalue weighted by atomic mass is 9.82. The number of allylic oxidation sites excluding steroid dienone is 2. The van der Waals surface area contributed by atoms with Crippen LogP contribution in [0.5, 0.6) is 0 Å². The molecule has 92 valence electrons. The lowest BCUT2D eigenvalue weighted by molar-refractivity contribution is -0.142. The quantitative estimate of drug-likeness (QED) is 0.810. The maximum atomic E-state index is 11.3. The summed E-state index contributed by atoms with van der Waals surface area (Å²) in [7, 11) is 0. The van der Waals surface area contributed by atoms with Crippen molar-refractivity contribution in [2.45, 2.75) is 39.2 Å². The molecule has 0 unspecified atom stereocenters. The molecule has 1 aromatic rings. The van der Waals surface area contributed by atoms with E-state index >= 15 is 0 Å². The number of rotatable bonds is 3. The van der Waals surface area contributed by atoms with Gasteiger partial charge in [-0.25, -0.2) is 0 Å².